The summed E-state index contributed by atoms with van der Waals surface area (Å²) in [5.74, 6) is 0. The van der Waals surface area contributed by atoms with Gasteiger partial charge < -0.3 is 0 Å². The number of fused-ring (bicyclic) bond motifs is 3. The average molecular weight is 415 g/mol. The molecule has 0 fully saturated rings. The molecule has 0 N–H and O–H groups in total. The fraction of sp³-hybridized carbons (Fsp3) is 0. The fourth-order valence-corrected chi connectivity index (χ4v) is 2.99. The Hall–Kier alpha value is -0.0351. The van der Waals surface area contributed by atoms with Crippen LogP contribution < -0.4 is 10.9 Å². The predicted molar refractivity (Wildman–Crippen MR) is 82.3 cm³/mol. The van der Waals surface area contributed by atoms with E-state index in [0.29, 0.717) is 0 Å². The van der Waals surface area contributed by atoms with Crippen molar-refractivity contribution in [2.24, 2.45) is 0 Å². The summed E-state index contributed by atoms with van der Waals surface area (Å²) in [7, 11) is 2.27. The van der Waals surface area contributed by atoms with Crippen molar-refractivity contribution in [1.82, 2.24) is 0 Å². The van der Waals surface area contributed by atoms with Gasteiger partial charge in [-0.05, 0) is 68.4 Å². The molecule has 0 atom stereocenters. The average Bonchev–Trinajstić information content (AvgIpc) is 2.53. The summed E-state index contributed by atoms with van der Waals surface area (Å²) in [4.78, 5) is 0. The quantitative estimate of drug-likeness (QED) is 0.392. The summed E-state index contributed by atoms with van der Waals surface area (Å²) >= 11 is 4.72. The summed E-state index contributed by atoms with van der Waals surface area (Å²) in [6.45, 7) is 0. The highest BCUT2D eigenvalue weighted by atomic mass is 127. The summed E-state index contributed by atoms with van der Waals surface area (Å²) in [5, 5.41) is 0. The minimum atomic E-state index is 1.30. The molecule has 1 aliphatic heterocycles. The van der Waals surface area contributed by atoms with Crippen LogP contribution in [0.25, 0.3) is 11.1 Å². The Balaban J connectivity index is 2.24. The van der Waals surface area contributed by atoms with Crippen LogP contribution >= 0.6 is 45.2 Å². The molecule has 1 radical (unpaired) electrons. The first-order valence-electron chi connectivity index (χ1n) is 4.68. The molecule has 0 saturated carbocycles. The summed E-state index contributed by atoms with van der Waals surface area (Å²) in [5.41, 5.74) is 5.42. The lowest BCUT2D eigenvalue weighted by molar-refractivity contribution is 1.65. The van der Waals surface area contributed by atoms with Gasteiger partial charge in [0.05, 0.1) is 0 Å². The molecule has 3 rings (SSSR count). The van der Waals surface area contributed by atoms with Gasteiger partial charge in [-0.2, -0.15) is 0 Å². The Morgan fingerprint density at radius 1 is 0.733 bits per heavy atom. The van der Waals surface area contributed by atoms with Gasteiger partial charge in [-0.25, -0.2) is 0 Å². The molecule has 15 heavy (non-hydrogen) atoms. The lowest BCUT2D eigenvalue weighted by Crippen LogP contribution is -2.21. The zero-order chi connectivity index (χ0) is 10.4. The summed E-state index contributed by atoms with van der Waals surface area (Å²) < 4.78 is 2.59. The Kier molecular flexibility index (Phi) is 2.55. The Morgan fingerprint density at radius 3 is 1.67 bits per heavy atom. The molecular formula is C12H6BI2. The molecule has 1 aliphatic rings. The topological polar surface area (TPSA) is 0 Å². The number of benzene rings is 2. The van der Waals surface area contributed by atoms with E-state index in [9.17, 15) is 0 Å². The van der Waals surface area contributed by atoms with E-state index in [0.717, 1.165) is 0 Å². The van der Waals surface area contributed by atoms with Crippen LogP contribution in [-0.2, 0) is 0 Å². The second-order valence-electron chi connectivity index (χ2n) is 3.61. The van der Waals surface area contributed by atoms with Gasteiger partial charge in [-0.1, -0.05) is 35.2 Å². The molecule has 0 nitrogen and oxygen atoms in total. The maximum atomic E-state index is 2.36. The molecule has 0 saturated heterocycles. The number of halogens is 2. The van der Waals surface area contributed by atoms with Crippen LogP contribution in [0.3, 0.4) is 0 Å². The van der Waals surface area contributed by atoms with Gasteiger partial charge >= 0.3 is 0 Å². The second-order valence-corrected chi connectivity index (χ2v) is 6.10. The minimum absolute atomic E-state index is 1.30. The van der Waals surface area contributed by atoms with Gasteiger partial charge in [0, 0.05) is 7.14 Å². The summed E-state index contributed by atoms with van der Waals surface area (Å²) in [6, 6.07) is 13.2. The van der Waals surface area contributed by atoms with Crippen molar-refractivity contribution in [3.8, 4) is 11.1 Å². The minimum Gasteiger partial charge on any atom is -0.0727 e. The smallest absolute Gasteiger partial charge is 0.0727 e. The summed E-state index contributed by atoms with van der Waals surface area (Å²) in [6.07, 6.45) is 0. The maximum Gasteiger partial charge on any atom is 0.193 e. The molecule has 1 heterocycles. The van der Waals surface area contributed by atoms with E-state index in [1.807, 2.05) is 0 Å². The van der Waals surface area contributed by atoms with Crippen molar-refractivity contribution in [2.75, 3.05) is 0 Å². The van der Waals surface area contributed by atoms with Crippen LogP contribution in [0, 0.1) is 7.14 Å². The van der Waals surface area contributed by atoms with Crippen molar-refractivity contribution in [3.63, 3.8) is 0 Å². The van der Waals surface area contributed by atoms with Crippen LogP contribution in [0.5, 0.6) is 0 Å². The van der Waals surface area contributed by atoms with Crippen LogP contribution in [0.4, 0.5) is 0 Å². The molecule has 0 unspecified atom stereocenters. The molecule has 2 aromatic carbocycles. The fourth-order valence-electron chi connectivity index (χ4n) is 1.96. The normalized spacial score (nSPS) is 11.9. The van der Waals surface area contributed by atoms with Gasteiger partial charge in [0.1, 0.15) is 0 Å². The number of rotatable bonds is 0. The SMILES string of the molecule is Ic1ccc2c(c1)[B]c1cc(I)ccc1-2. The third-order valence-electron chi connectivity index (χ3n) is 2.63. The molecule has 0 amide bonds. The van der Waals surface area contributed by atoms with E-state index in [4.69, 9.17) is 0 Å². The molecular weight excluding hydrogens is 409 g/mol. The van der Waals surface area contributed by atoms with Crippen molar-refractivity contribution in [3.05, 3.63) is 43.5 Å². The highest BCUT2D eigenvalue weighted by Crippen LogP contribution is 2.22. The van der Waals surface area contributed by atoms with Gasteiger partial charge in [-0.15, -0.1) is 0 Å². The van der Waals surface area contributed by atoms with Crippen LogP contribution in [0.1, 0.15) is 0 Å². The van der Waals surface area contributed by atoms with E-state index >= 15 is 0 Å². The predicted octanol–water partition coefficient (Wildman–Crippen LogP) is 2.53. The molecule has 0 aliphatic carbocycles. The van der Waals surface area contributed by atoms with Gasteiger partial charge in [0.25, 0.3) is 0 Å². The zero-order valence-corrected chi connectivity index (χ0v) is 12.1. The number of hydrogen-bond acceptors (Lipinski definition) is 0. The largest absolute Gasteiger partial charge is 0.193 e. The molecule has 71 valence electrons. The standard InChI is InChI=1S/C12H6BI2/c14-7-1-3-9-10-4-2-8(15)6-12(10)13-11(9)5-7/h1-6H. The first kappa shape index (κ1) is 10.1. The molecule has 2 aromatic rings. The van der Waals surface area contributed by atoms with Crippen molar-refractivity contribution in [1.29, 1.82) is 0 Å². The van der Waals surface area contributed by atoms with Crippen molar-refractivity contribution in [2.45, 2.75) is 0 Å². The van der Waals surface area contributed by atoms with Crippen LogP contribution in [-0.4, -0.2) is 7.28 Å². The van der Waals surface area contributed by atoms with Crippen molar-refractivity contribution < 1.29 is 0 Å². The van der Waals surface area contributed by atoms with Crippen LogP contribution in [0.2, 0.25) is 0 Å². The first-order valence-corrected chi connectivity index (χ1v) is 6.84. The van der Waals surface area contributed by atoms with Gasteiger partial charge in [-0.3, -0.25) is 0 Å². The van der Waals surface area contributed by atoms with Crippen molar-refractivity contribution >= 4 is 63.4 Å². The van der Waals surface area contributed by atoms with Gasteiger partial charge in [0.15, 0.2) is 7.28 Å². The Labute approximate surface area is 117 Å². The first-order chi connectivity index (χ1) is 7.24. The second kappa shape index (κ2) is 3.77. The Bertz CT molecular complexity index is 500. The molecule has 0 bridgehead atoms. The highest BCUT2D eigenvalue weighted by Gasteiger charge is 2.19. The third kappa shape index (κ3) is 1.73. The molecule has 0 aromatic heterocycles. The van der Waals surface area contributed by atoms with Gasteiger partial charge in [0.2, 0.25) is 0 Å². The van der Waals surface area contributed by atoms with Crippen LogP contribution in [0.15, 0.2) is 36.4 Å². The van der Waals surface area contributed by atoms with E-state index in [1.54, 1.807) is 0 Å². The molecule has 0 spiro atoms. The maximum absolute atomic E-state index is 2.36. The highest BCUT2D eigenvalue weighted by molar-refractivity contribution is 14.1. The zero-order valence-electron chi connectivity index (χ0n) is 7.80. The third-order valence-corrected chi connectivity index (χ3v) is 3.97. The van der Waals surface area contributed by atoms with E-state index in [1.165, 1.54) is 29.2 Å². The Morgan fingerprint density at radius 2 is 1.20 bits per heavy atom. The van der Waals surface area contributed by atoms with E-state index < -0.39 is 0 Å². The van der Waals surface area contributed by atoms with E-state index in [2.05, 4.69) is 88.9 Å². The lowest BCUT2D eigenvalue weighted by atomic mass is 9.68. The van der Waals surface area contributed by atoms with E-state index in [-0.39, 0.29) is 0 Å². The lowest BCUT2D eigenvalue weighted by Gasteiger charge is -2.02. The number of hydrogen-bond donors (Lipinski definition) is 0. The monoisotopic (exact) mass is 415 g/mol. The molecule has 3 heteroatoms.